The van der Waals surface area contributed by atoms with Crippen molar-refractivity contribution in [2.45, 2.75) is 13.0 Å². The number of nitrogens with zero attached hydrogens (tertiary/aromatic N) is 3. The Morgan fingerprint density at radius 3 is 2.84 bits per heavy atom. The van der Waals surface area contributed by atoms with Crippen molar-refractivity contribution in [1.29, 1.82) is 0 Å². The molecule has 0 aliphatic carbocycles. The first-order valence-corrected chi connectivity index (χ1v) is 6.73. The van der Waals surface area contributed by atoms with Crippen molar-refractivity contribution in [3.8, 4) is 11.1 Å². The highest BCUT2D eigenvalue weighted by molar-refractivity contribution is 9.10. The molecule has 0 amide bonds. The Hall–Kier alpha value is -1.35. The molecule has 0 atom stereocenters. The van der Waals surface area contributed by atoms with Gasteiger partial charge < -0.3 is 9.47 Å². The second-order valence-electron chi connectivity index (χ2n) is 3.25. The van der Waals surface area contributed by atoms with Gasteiger partial charge in [-0.15, -0.1) is 5.10 Å². The van der Waals surface area contributed by atoms with Gasteiger partial charge in [0.25, 0.3) is 11.6 Å². The maximum atomic E-state index is 11.9. The summed E-state index contributed by atoms with van der Waals surface area (Å²) in [6.07, 6.45) is -2.53. The minimum absolute atomic E-state index is 0.0982. The van der Waals surface area contributed by atoms with Gasteiger partial charge in [-0.05, 0) is 22.0 Å². The predicted octanol–water partition coefficient (Wildman–Crippen LogP) is 2.92. The van der Waals surface area contributed by atoms with E-state index in [1.54, 1.807) is 18.2 Å². The molecule has 0 aliphatic heterocycles. The molecule has 0 spiro atoms. The molecule has 0 saturated carbocycles. The first-order valence-electron chi connectivity index (χ1n) is 5.12. The topological polar surface area (TPSA) is 57.1 Å². The van der Waals surface area contributed by atoms with E-state index in [0.717, 1.165) is 11.3 Å². The summed E-state index contributed by atoms with van der Waals surface area (Å²) in [5.41, 5.74) is 0. The van der Waals surface area contributed by atoms with Gasteiger partial charge in [0.1, 0.15) is 11.2 Å². The standard InChI is InChI=1S/C10H8BrF2N3O2S/c11-6-2-1-3-8(14-6)17-5-9-15-16-10(19-9)18-4-7(12)13/h1-3,7H,4-5H2. The zero-order valence-electron chi connectivity index (χ0n) is 9.42. The van der Waals surface area contributed by atoms with E-state index in [1.165, 1.54) is 0 Å². The number of rotatable bonds is 6. The number of aromatic nitrogens is 3. The van der Waals surface area contributed by atoms with Crippen molar-refractivity contribution in [2.24, 2.45) is 0 Å². The van der Waals surface area contributed by atoms with E-state index in [0.29, 0.717) is 15.5 Å². The van der Waals surface area contributed by atoms with Gasteiger partial charge in [0.05, 0.1) is 0 Å². The highest BCUT2D eigenvalue weighted by Gasteiger charge is 2.09. The van der Waals surface area contributed by atoms with E-state index >= 15 is 0 Å². The van der Waals surface area contributed by atoms with Crippen molar-refractivity contribution in [3.05, 3.63) is 27.8 Å². The summed E-state index contributed by atoms with van der Waals surface area (Å²) in [5, 5.41) is 8.00. The third-order valence-corrected chi connectivity index (χ3v) is 3.07. The Bertz CT molecular complexity index is 541. The average Bonchev–Trinajstić information content (AvgIpc) is 2.82. The number of hydrogen-bond acceptors (Lipinski definition) is 6. The largest absolute Gasteiger partial charge is 0.470 e. The fourth-order valence-electron chi connectivity index (χ4n) is 1.09. The molecule has 0 bridgehead atoms. The molecule has 0 radical (unpaired) electrons. The summed E-state index contributed by atoms with van der Waals surface area (Å²) in [5.74, 6) is 0.430. The lowest BCUT2D eigenvalue weighted by Gasteiger charge is -2.02. The van der Waals surface area contributed by atoms with Crippen molar-refractivity contribution >= 4 is 27.3 Å². The maximum absolute atomic E-state index is 11.9. The summed E-state index contributed by atoms with van der Waals surface area (Å²) in [4.78, 5) is 4.08. The normalized spacial score (nSPS) is 10.7. The minimum Gasteiger partial charge on any atom is -0.470 e. The predicted molar refractivity (Wildman–Crippen MR) is 67.7 cm³/mol. The summed E-state index contributed by atoms with van der Waals surface area (Å²) < 4.78 is 34.6. The second kappa shape index (κ2) is 6.71. The zero-order chi connectivity index (χ0) is 13.7. The molecular formula is C10H8BrF2N3O2S. The lowest BCUT2D eigenvalue weighted by molar-refractivity contribution is 0.0814. The van der Waals surface area contributed by atoms with Crippen molar-refractivity contribution in [3.63, 3.8) is 0 Å². The van der Waals surface area contributed by atoms with Crippen LogP contribution in [0.15, 0.2) is 22.8 Å². The van der Waals surface area contributed by atoms with Crippen LogP contribution < -0.4 is 9.47 Å². The van der Waals surface area contributed by atoms with Crippen LogP contribution in [0.1, 0.15) is 5.01 Å². The lowest BCUT2D eigenvalue weighted by atomic mass is 10.5. The first kappa shape index (κ1) is 14.1. The highest BCUT2D eigenvalue weighted by atomic mass is 79.9. The molecular weight excluding hydrogens is 344 g/mol. The molecule has 2 aromatic rings. The van der Waals surface area contributed by atoms with Crippen LogP contribution in [0.2, 0.25) is 0 Å². The van der Waals surface area contributed by atoms with Crippen LogP contribution in [-0.4, -0.2) is 28.2 Å². The van der Waals surface area contributed by atoms with Crippen LogP contribution in [0.25, 0.3) is 0 Å². The summed E-state index contributed by atoms with van der Waals surface area (Å²) >= 11 is 4.28. The summed E-state index contributed by atoms with van der Waals surface area (Å²) in [6, 6.07) is 5.25. The van der Waals surface area contributed by atoms with Crippen LogP contribution in [-0.2, 0) is 6.61 Å². The SMILES string of the molecule is FC(F)COc1nnc(COc2cccc(Br)n2)s1. The van der Waals surface area contributed by atoms with Crippen LogP contribution in [0.5, 0.6) is 11.1 Å². The molecule has 2 heterocycles. The first-order chi connectivity index (χ1) is 9.13. The van der Waals surface area contributed by atoms with E-state index in [4.69, 9.17) is 9.47 Å². The molecule has 9 heteroatoms. The van der Waals surface area contributed by atoms with E-state index in [-0.39, 0.29) is 11.8 Å². The minimum atomic E-state index is -2.53. The Balaban J connectivity index is 1.86. The third-order valence-electron chi connectivity index (χ3n) is 1.81. The lowest BCUT2D eigenvalue weighted by Crippen LogP contribution is -2.06. The van der Waals surface area contributed by atoms with Crippen LogP contribution in [0.3, 0.4) is 0 Å². The van der Waals surface area contributed by atoms with Gasteiger partial charge in [-0.2, -0.15) is 0 Å². The number of alkyl halides is 2. The molecule has 0 aromatic carbocycles. The number of hydrogen-bond donors (Lipinski definition) is 0. The molecule has 5 nitrogen and oxygen atoms in total. The Morgan fingerprint density at radius 1 is 1.26 bits per heavy atom. The fourth-order valence-corrected chi connectivity index (χ4v) is 2.03. The molecule has 0 unspecified atom stereocenters. The van der Waals surface area contributed by atoms with Gasteiger partial charge in [0.2, 0.25) is 5.88 Å². The van der Waals surface area contributed by atoms with Gasteiger partial charge in [-0.3, -0.25) is 0 Å². The molecule has 0 fully saturated rings. The van der Waals surface area contributed by atoms with Crippen molar-refractivity contribution < 1.29 is 18.3 Å². The molecule has 0 saturated heterocycles. The summed E-state index contributed by atoms with van der Waals surface area (Å²) in [7, 11) is 0. The molecule has 19 heavy (non-hydrogen) atoms. The maximum Gasteiger partial charge on any atom is 0.294 e. The second-order valence-corrected chi connectivity index (χ2v) is 5.09. The third kappa shape index (κ3) is 4.67. The molecule has 2 rings (SSSR count). The Labute approximate surface area is 119 Å². The van der Waals surface area contributed by atoms with Gasteiger partial charge >= 0.3 is 0 Å². The number of ether oxygens (including phenoxy) is 2. The van der Waals surface area contributed by atoms with E-state index in [9.17, 15) is 8.78 Å². The molecule has 2 aromatic heterocycles. The van der Waals surface area contributed by atoms with E-state index in [1.807, 2.05) is 0 Å². The zero-order valence-corrected chi connectivity index (χ0v) is 11.8. The Morgan fingerprint density at radius 2 is 2.11 bits per heavy atom. The monoisotopic (exact) mass is 351 g/mol. The molecule has 102 valence electrons. The highest BCUT2D eigenvalue weighted by Crippen LogP contribution is 2.20. The van der Waals surface area contributed by atoms with Gasteiger partial charge in [0.15, 0.2) is 11.6 Å². The smallest absolute Gasteiger partial charge is 0.294 e. The molecule has 0 aliphatic rings. The number of halogens is 3. The van der Waals surface area contributed by atoms with Crippen molar-refractivity contribution in [1.82, 2.24) is 15.2 Å². The summed E-state index contributed by atoms with van der Waals surface area (Å²) in [6.45, 7) is -0.540. The Kier molecular flexibility index (Phi) is 4.97. The van der Waals surface area contributed by atoms with Crippen molar-refractivity contribution in [2.75, 3.05) is 6.61 Å². The van der Waals surface area contributed by atoms with E-state index in [2.05, 4.69) is 31.1 Å². The van der Waals surface area contributed by atoms with Gasteiger partial charge in [-0.25, -0.2) is 13.8 Å². The quantitative estimate of drug-likeness (QED) is 0.749. The van der Waals surface area contributed by atoms with Gasteiger partial charge in [-0.1, -0.05) is 22.5 Å². The molecule has 0 N–H and O–H groups in total. The average molecular weight is 352 g/mol. The van der Waals surface area contributed by atoms with Crippen LogP contribution in [0.4, 0.5) is 8.78 Å². The number of pyridine rings is 1. The fraction of sp³-hybridized carbons (Fsp3) is 0.300. The van der Waals surface area contributed by atoms with Gasteiger partial charge in [0, 0.05) is 6.07 Å². The van der Waals surface area contributed by atoms with E-state index < -0.39 is 13.0 Å². The van der Waals surface area contributed by atoms with Crippen LogP contribution >= 0.6 is 27.3 Å². The van der Waals surface area contributed by atoms with Crippen LogP contribution in [0, 0.1) is 0 Å².